The molecule has 0 saturated heterocycles. The topological polar surface area (TPSA) is 57.6 Å². The van der Waals surface area contributed by atoms with Crippen LogP contribution in [0, 0.1) is 5.92 Å². The number of carboxylic acid groups (broad SMARTS) is 1. The molecule has 4 heteroatoms. The van der Waals surface area contributed by atoms with Gasteiger partial charge in [-0.1, -0.05) is 0 Å². The van der Waals surface area contributed by atoms with Gasteiger partial charge in [-0.3, -0.25) is 0 Å². The number of carbonyl (C=O) groups excluding carboxylic acids is 1. The zero-order valence-electron chi connectivity index (χ0n) is 10.3. The molecule has 0 aromatic heterocycles. The van der Waals surface area contributed by atoms with E-state index in [1.807, 2.05) is 20.8 Å². The van der Waals surface area contributed by atoms with Gasteiger partial charge in [0.05, 0.1) is 0 Å². The molecule has 16 heavy (non-hydrogen) atoms. The van der Waals surface area contributed by atoms with E-state index in [2.05, 4.69) is 0 Å². The second-order valence-electron chi connectivity index (χ2n) is 5.53. The average molecular weight is 227 g/mol. The summed E-state index contributed by atoms with van der Waals surface area (Å²) < 4.78 is 0. The van der Waals surface area contributed by atoms with Crippen LogP contribution in [0.3, 0.4) is 0 Å². The molecule has 0 aromatic rings. The fourth-order valence-corrected chi connectivity index (χ4v) is 2.49. The maximum Gasteiger partial charge on any atom is 0.407 e. The maximum absolute atomic E-state index is 11.3. The van der Waals surface area contributed by atoms with E-state index in [1.165, 1.54) is 4.90 Å². The molecular weight excluding hydrogens is 206 g/mol. The second-order valence-corrected chi connectivity index (χ2v) is 5.53. The van der Waals surface area contributed by atoms with Crippen LogP contribution in [0.4, 0.5) is 4.79 Å². The van der Waals surface area contributed by atoms with Crippen molar-refractivity contribution >= 4 is 12.4 Å². The smallest absolute Gasteiger partial charge is 0.407 e. The Hall–Kier alpha value is -1.06. The number of rotatable bonds is 2. The SMILES string of the molecule is CC(C)(C)N(C(=O)O)C1CCC(C=O)CC1. The number of hydrogen-bond acceptors (Lipinski definition) is 2. The van der Waals surface area contributed by atoms with Crippen molar-refractivity contribution in [1.29, 1.82) is 0 Å². The average Bonchev–Trinajstić information content (AvgIpc) is 2.16. The number of nitrogens with zero attached hydrogens (tertiary/aromatic N) is 1. The van der Waals surface area contributed by atoms with Crippen molar-refractivity contribution in [3.8, 4) is 0 Å². The molecule has 0 heterocycles. The number of hydrogen-bond donors (Lipinski definition) is 1. The Labute approximate surface area is 96.6 Å². The van der Waals surface area contributed by atoms with E-state index in [4.69, 9.17) is 0 Å². The molecule has 1 rings (SSSR count). The van der Waals surface area contributed by atoms with Gasteiger partial charge in [-0.2, -0.15) is 0 Å². The monoisotopic (exact) mass is 227 g/mol. The Bertz CT molecular complexity index is 262. The van der Waals surface area contributed by atoms with Gasteiger partial charge in [0.15, 0.2) is 0 Å². The standard InChI is InChI=1S/C12H21NO3/c1-12(2,3)13(11(15)16)10-6-4-9(8-14)5-7-10/h8-10H,4-7H2,1-3H3,(H,15,16). The predicted octanol–water partition coefficient (Wildman–Crippen LogP) is 2.52. The van der Waals surface area contributed by atoms with Crippen molar-refractivity contribution in [3.05, 3.63) is 0 Å². The molecule has 0 atom stereocenters. The summed E-state index contributed by atoms with van der Waals surface area (Å²) in [7, 11) is 0. The molecule has 1 aliphatic rings. The number of aldehydes is 1. The van der Waals surface area contributed by atoms with Crippen molar-refractivity contribution in [2.24, 2.45) is 5.92 Å². The first-order chi connectivity index (χ1) is 7.36. The number of carbonyl (C=O) groups is 2. The maximum atomic E-state index is 11.3. The van der Waals surface area contributed by atoms with Gasteiger partial charge >= 0.3 is 6.09 Å². The Morgan fingerprint density at radius 2 is 1.75 bits per heavy atom. The minimum atomic E-state index is -0.859. The Morgan fingerprint density at radius 1 is 1.25 bits per heavy atom. The number of amides is 1. The molecule has 1 amide bonds. The van der Waals surface area contributed by atoms with Crippen molar-refractivity contribution in [1.82, 2.24) is 4.90 Å². The van der Waals surface area contributed by atoms with Gasteiger partial charge in [0.2, 0.25) is 0 Å². The first-order valence-electron chi connectivity index (χ1n) is 5.84. The summed E-state index contributed by atoms with van der Waals surface area (Å²) in [6.07, 6.45) is 3.36. The summed E-state index contributed by atoms with van der Waals surface area (Å²) in [5.41, 5.74) is -0.371. The summed E-state index contributed by atoms with van der Waals surface area (Å²) in [6, 6.07) is 0.0636. The molecule has 1 N–H and O–H groups in total. The normalized spacial score (nSPS) is 26.2. The molecule has 92 valence electrons. The van der Waals surface area contributed by atoms with Crippen molar-refractivity contribution in [3.63, 3.8) is 0 Å². The quantitative estimate of drug-likeness (QED) is 0.737. The van der Waals surface area contributed by atoms with Crippen LogP contribution < -0.4 is 0 Å². The summed E-state index contributed by atoms with van der Waals surface area (Å²) in [5, 5.41) is 9.24. The van der Waals surface area contributed by atoms with Crippen LogP contribution >= 0.6 is 0 Å². The highest BCUT2D eigenvalue weighted by molar-refractivity contribution is 5.66. The molecule has 0 bridgehead atoms. The van der Waals surface area contributed by atoms with Gasteiger partial charge in [0.1, 0.15) is 6.29 Å². The van der Waals surface area contributed by atoms with E-state index in [1.54, 1.807) is 0 Å². The highest BCUT2D eigenvalue weighted by Crippen LogP contribution is 2.30. The Morgan fingerprint density at radius 3 is 2.06 bits per heavy atom. The lowest BCUT2D eigenvalue weighted by Gasteiger charge is -2.42. The van der Waals surface area contributed by atoms with Crippen molar-refractivity contribution in [2.45, 2.75) is 58.0 Å². The molecular formula is C12H21NO3. The Kier molecular flexibility index (Phi) is 3.94. The molecule has 0 radical (unpaired) electrons. The Balaban J connectivity index is 2.68. The first-order valence-corrected chi connectivity index (χ1v) is 5.84. The molecule has 0 spiro atoms. The molecule has 0 unspecified atom stereocenters. The lowest BCUT2D eigenvalue weighted by atomic mass is 9.85. The van der Waals surface area contributed by atoms with Crippen LogP contribution in [0.5, 0.6) is 0 Å². The fourth-order valence-electron chi connectivity index (χ4n) is 2.49. The minimum absolute atomic E-state index is 0.0636. The summed E-state index contributed by atoms with van der Waals surface area (Å²) >= 11 is 0. The largest absolute Gasteiger partial charge is 0.465 e. The minimum Gasteiger partial charge on any atom is -0.465 e. The van der Waals surface area contributed by atoms with Crippen LogP contribution in [-0.4, -0.2) is 34.0 Å². The van der Waals surface area contributed by atoms with E-state index in [9.17, 15) is 14.7 Å². The zero-order valence-corrected chi connectivity index (χ0v) is 10.3. The zero-order chi connectivity index (χ0) is 12.3. The molecule has 0 aromatic carbocycles. The highest BCUT2D eigenvalue weighted by atomic mass is 16.4. The van der Waals surface area contributed by atoms with Gasteiger partial charge in [0, 0.05) is 17.5 Å². The molecule has 0 aliphatic heterocycles. The second kappa shape index (κ2) is 4.85. The van der Waals surface area contributed by atoms with Gasteiger partial charge in [-0.15, -0.1) is 0 Å². The van der Waals surface area contributed by atoms with Gasteiger partial charge < -0.3 is 14.8 Å². The highest BCUT2D eigenvalue weighted by Gasteiger charge is 2.35. The summed E-state index contributed by atoms with van der Waals surface area (Å²) in [4.78, 5) is 23.4. The molecule has 4 nitrogen and oxygen atoms in total. The molecule has 1 fully saturated rings. The van der Waals surface area contributed by atoms with Crippen molar-refractivity contribution < 1.29 is 14.7 Å². The van der Waals surface area contributed by atoms with Gasteiger partial charge in [0.25, 0.3) is 0 Å². The molecule has 1 aliphatic carbocycles. The van der Waals surface area contributed by atoms with E-state index in [0.717, 1.165) is 32.0 Å². The lowest BCUT2D eigenvalue weighted by molar-refractivity contribution is -0.112. The summed E-state index contributed by atoms with van der Waals surface area (Å²) in [6.45, 7) is 5.73. The summed E-state index contributed by atoms with van der Waals surface area (Å²) in [5.74, 6) is 0.131. The first kappa shape index (κ1) is 13.0. The van der Waals surface area contributed by atoms with Crippen LogP contribution in [0.25, 0.3) is 0 Å². The van der Waals surface area contributed by atoms with Crippen LogP contribution in [0.2, 0.25) is 0 Å². The van der Waals surface area contributed by atoms with Gasteiger partial charge in [-0.25, -0.2) is 4.79 Å². The van der Waals surface area contributed by atoms with E-state index in [0.29, 0.717) is 0 Å². The van der Waals surface area contributed by atoms with Crippen LogP contribution in [0.1, 0.15) is 46.5 Å². The third-order valence-electron chi connectivity index (χ3n) is 3.23. The third-order valence-corrected chi connectivity index (χ3v) is 3.23. The lowest BCUT2D eigenvalue weighted by Crippen LogP contribution is -2.52. The van der Waals surface area contributed by atoms with Crippen molar-refractivity contribution in [2.75, 3.05) is 0 Å². The van der Waals surface area contributed by atoms with Gasteiger partial charge in [-0.05, 0) is 46.5 Å². The van der Waals surface area contributed by atoms with E-state index < -0.39 is 6.09 Å². The van der Waals surface area contributed by atoms with E-state index in [-0.39, 0.29) is 17.5 Å². The predicted molar refractivity (Wildman–Crippen MR) is 61.4 cm³/mol. The van der Waals surface area contributed by atoms with Crippen LogP contribution in [-0.2, 0) is 4.79 Å². The third kappa shape index (κ3) is 2.97. The fraction of sp³-hybridized carbons (Fsp3) is 0.833. The van der Waals surface area contributed by atoms with Crippen LogP contribution in [0.15, 0.2) is 0 Å². The molecule has 1 saturated carbocycles. The van der Waals surface area contributed by atoms with E-state index >= 15 is 0 Å².